The van der Waals surface area contributed by atoms with Gasteiger partial charge in [0.25, 0.3) is 34.7 Å². The number of hydrogen-bond acceptors (Lipinski definition) is 9. The van der Waals surface area contributed by atoms with Gasteiger partial charge < -0.3 is 26.6 Å². The summed E-state index contributed by atoms with van der Waals surface area (Å²) in [6.07, 6.45) is 0. The summed E-state index contributed by atoms with van der Waals surface area (Å²) >= 11 is 0. The van der Waals surface area contributed by atoms with Gasteiger partial charge in [0.2, 0.25) is 0 Å². The molecule has 39 heavy (non-hydrogen) atoms. The van der Waals surface area contributed by atoms with Crippen molar-refractivity contribution in [2.24, 2.45) is 0 Å². The third-order valence-corrected chi connectivity index (χ3v) is 9.89. The summed E-state index contributed by atoms with van der Waals surface area (Å²) in [7, 11) is -16.3. The fourth-order valence-electron chi connectivity index (χ4n) is 4.17. The predicted octanol–water partition coefficient (Wildman–Crippen LogP) is 5.91. The lowest BCUT2D eigenvalue weighted by Crippen LogP contribution is -2.84. The van der Waals surface area contributed by atoms with Crippen molar-refractivity contribution in [1.82, 2.24) is 0 Å². The quantitative estimate of drug-likeness (QED) is 0.144. The Labute approximate surface area is 242 Å². The van der Waals surface area contributed by atoms with Gasteiger partial charge in [-0.15, -0.1) is 0 Å². The van der Waals surface area contributed by atoms with Gasteiger partial charge in [-0.25, -0.2) is 0 Å². The molecule has 228 valence electrons. The van der Waals surface area contributed by atoms with Crippen molar-refractivity contribution in [3.63, 3.8) is 0 Å². The van der Waals surface area contributed by atoms with E-state index in [1.54, 1.807) is 0 Å². The molecule has 1 rings (SSSR count). The molecule has 0 bridgehead atoms. The SMILES string of the molecule is C[Si](C)(C)OC1(O[Si](C)(C)C)C(=O)C(O[Si](C)(C)C)(O[Si](C)(C)C)C(=O)C(O[Si](C)(C)C)(O[Si](C)(C)C)C1=O. The fourth-order valence-corrected chi connectivity index (χ4v) is 11.0. The van der Waals surface area contributed by atoms with E-state index >= 15 is 0 Å². The minimum atomic E-state index is -2.71. The molecular weight excluding hydrogens is 601 g/mol. The summed E-state index contributed by atoms with van der Waals surface area (Å²) < 4.78 is 39.2. The van der Waals surface area contributed by atoms with Crippen molar-refractivity contribution in [2.45, 2.75) is 135 Å². The van der Waals surface area contributed by atoms with Crippen molar-refractivity contribution < 1.29 is 40.9 Å². The van der Waals surface area contributed by atoms with Crippen LogP contribution in [0.5, 0.6) is 0 Å². The van der Waals surface area contributed by atoms with Crippen molar-refractivity contribution >= 4 is 67.3 Å². The average molecular weight is 655 g/mol. The first-order valence-corrected chi connectivity index (χ1v) is 34.0. The minimum absolute atomic E-state index is 0.964. The van der Waals surface area contributed by atoms with Crippen LogP contribution >= 0.6 is 0 Å². The molecule has 0 aliphatic heterocycles. The van der Waals surface area contributed by atoms with Gasteiger partial charge in [0.1, 0.15) is 0 Å². The van der Waals surface area contributed by atoms with Gasteiger partial charge in [0.15, 0.2) is 49.9 Å². The molecule has 1 fully saturated rings. The molecule has 0 aromatic carbocycles. The van der Waals surface area contributed by atoms with E-state index in [1.165, 1.54) is 0 Å². The Kier molecular flexibility index (Phi) is 10.4. The molecule has 0 radical (unpaired) electrons. The molecule has 15 heteroatoms. The van der Waals surface area contributed by atoms with Crippen LogP contribution in [0.15, 0.2) is 0 Å². The van der Waals surface area contributed by atoms with Crippen LogP contribution in [0.4, 0.5) is 0 Å². The van der Waals surface area contributed by atoms with Crippen LogP contribution < -0.4 is 0 Å². The number of ketones is 3. The number of rotatable bonds is 12. The third-order valence-electron chi connectivity index (χ3n) is 4.49. The zero-order valence-electron chi connectivity index (χ0n) is 27.7. The smallest absolute Gasteiger partial charge is 0.284 e. The number of hydrogen-bond donors (Lipinski definition) is 0. The Bertz CT molecular complexity index is 762. The first-order chi connectivity index (χ1) is 16.7. The van der Waals surface area contributed by atoms with Gasteiger partial charge >= 0.3 is 0 Å². The fraction of sp³-hybridized carbons (Fsp3) is 0.875. The zero-order valence-corrected chi connectivity index (χ0v) is 33.7. The Morgan fingerprint density at radius 2 is 0.410 bits per heavy atom. The standard InChI is InChI=1S/C24H54O9Si6/c1-34(2,3)28-22(29-35(4,5)6)19(25)23(30-36(7,8)9,31-37(10,11)12)21(27)24(20(22)26,32-38(13,14)15)33-39(16,17)18/h1-18H3. The first kappa shape index (κ1) is 37.1. The maximum absolute atomic E-state index is 15.0. The van der Waals surface area contributed by atoms with Gasteiger partial charge in [0, 0.05) is 0 Å². The van der Waals surface area contributed by atoms with Gasteiger partial charge in [0.05, 0.1) is 0 Å². The highest BCUT2D eigenvalue weighted by molar-refractivity contribution is 6.75. The van der Waals surface area contributed by atoms with Crippen LogP contribution in [0.3, 0.4) is 0 Å². The Hall–Kier alpha value is 0.0713. The van der Waals surface area contributed by atoms with Crippen LogP contribution in [-0.2, 0) is 40.9 Å². The van der Waals surface area contributed by atoms with E-state index in [-0.39, 0.29) is 0 Å². The highest BCUT2D eigenvalue weighted by atomic mass is 28.4. The molecule has 0 N–H and O–H groups in total. The van der Waals surface area contributed by atoms with Crippen molar-refractivity contribution in [2.75, 3.05) is 0 Å². The lowest BCUT2D eigenvalue weighted by atomic mass is 9.81. The van der Waals surface area contributed by atoms with Crippen molar-refractivity contribution in [3.8, 4) is 0 Å². The molecule has 0 aromatic rings. The Morgan fingerprint density at radius 1 is 0.308 bits per heavy atom. The summed E-state index contributed by atoms with van der Waals surface area (Å²) in [6.45, 7) is 33.5. The van der Waals surface area contributed by atoms with Crippen molar-refractivity contribution in [3.05, 3.63) is 0 Å². The molecule has 1 aliphatic rings. The lowest BCUT2D eigenvalue weighted by molar-refractivity contribution is -0.251. The van der Waals surface area contributed by atoms with E-state index in [4.69, 9.17) is 26.6 Å². The monoisotopic (exact) mass is 654 g/mol. The van der Waals surface area contributed by atoms with Gasteiger partial charge in [-0.3, -0.25) is 14.4 Å². The minimum Gasteiger partial charge on any atom is -0.380 e. The maximum Gasteiger partial charge on any atom is 0.284 e. The van der Waals surface area contributed by atoms with Gasteiger partial charge in [-0.1, -0.05) is 0 Å². The molecule has 0 saturated heterocycles. The molecule has 0 atom stereocenters. The summed E-state index contributed by atoms with van der Waals surface area (Å²) in [5.74, 6) is -10.4. The number of carbonyl (C=O) groups excluding carboxylic acids is 3. The van der Waals surface area contributed by atoms with Crippen LogP contribution in [0.25, 0.3) is 0 Å². The number of Topliss-reactive ketones (excluding diaryl/α,β-unsaturated/α-hetero) is 3. The highest BCUT2D eigenvalue weighted by Gasteiger charge is 2.80. The van der Waals surface area contributed by atoms with Crippen LogP contribution in [-0.4, -0.2) is 84.6 Å². The summed E-state index contributed by atoms with van der Waals surface area (Å²) in [4.78, 5) is 44.9. The molecular formula is C24H54O9Si6. The topological polar surface area (TPSA) is 107 Å². The second kappa shape index (κ2) is 11.0. The second-order valence-corrected chi connectivity index (χ2v) is 42.7. The highest BCUT2D eigenvalue weighted by Crippen LogP contribution is 2.47. The van der Waals surface area contributed by atoms with E-state index < -0.39 is 84.6 Å². The third kappa shape index (κ3) is 9.54. The summed E-state index contributed by atoms with van der Waals surface area (Å²) in [5.41, 5.74) is 0. The van der Waals surface area contributed by atoms with E-state index in [9.17, 15) is 14.4 Å². The Morgan fingerprint density at radius 3 is 0.487 bits per heavy atom. The molecule has 9 nitrogen and oxygen atoms in total. The molecule has 1 aliphatic carbocycles. The van der Waals surface area contributed by atoms with Gasteiger partial charge in [-0.2, -0.15) is 0 Å². The van der Waals surface area contributed by atoms with E-state index in [2.05, 4.69) is 0 Å². The van der Waals surface area contributed by atoms with Crippen molar-refractivity contribution in [1.29, 1.82) is 0 Å². The lowest BCUT2D eigenvalue weighted by Gasteiger charge is -2.56. The normalized spacial score (nSPS) is 20.9. The molecule has 0 aromatic heterocycles. The largest absolute Gasteiger partial charge is 0.380 e. The molecule has 0 amide bonds. The van der Waals surface area contributed by atoms with Gasteiger partial charge in [-0.05, 0) is 118 Å². The van der Waals surface area contributed by atoms with E-state index in [1.807, 2.05) is 118 Å². The zero-order chi connectivity index (χ0) is 31.5. The number of carbonyl (C=O) groups is 3. The first-order valence-electron chi connectivity index (χ1n) is 13.6. The van der Waals surface area contributed by atoms with Crippen LogP contribution in [0, 0.1) is 0 Å². The molecule has 0 spiro atoms. The molecule has 0 unspecified atom stereocenters. The predicted molar refractivity (Wildman–Crippen MR) is 170 cm³/mol. The average Bonchev–Trinajstić information content (AvgIpc) is 2.56. The molecule has 1 saturated carbocycles. The summed E-state index contributed by atoms with van der Waals surface area (Å²) in [6, 6.07) is 0. The van der Waals surface area contributed by atoms with Crippen LogP contribution in [0.1, 0.15) is 0 Å². The molecule has 0 heterocycles. The van der Waals surface area contributed by atoms with E-state index in [0.29, 0.717) is 0 Å². The maximum atomic E-state index is 15.0. The second-order valence-electron chi connectivity index (χ2n) is 16.1. The van der Waals surface area contributed by atoms with E-state index in [0.717, 1.165) is 0 Å². The Balaban J connectivity index is 4.51. The van der Waals surface area contributed by atoms with Crippen LogP contribution in [0.2, 0.25) is 118 Å². The summed E-state index contributed by atoms with van der Waals surface area (Å²) in [5, 5.41) is 0.